The van der Waals surface area contributed by atoms with Crippen LogP contribution in [0.1, 0.15) is 27.5 Å². The van der Waals surface area contributed by atoms with Crippen LogP contribution in [0.4, 0.5) is 13.2 Å². The first-order chi connectivity index (χ1) is 14.7. The predicted octanol–water partition coefficient (Wildman–Crippen LogP) is 3.30. The molecule has 0 spiro atoms. The van der Waals surface area contributed by atoms with Gasteiger partial charge in [-0.25, -0.2) is 0 Å². The second-order valence-corrected chi connectivity index (χ2v) is 7.14. The van der Waals surface area contributed by atoms with E-state index >= 15 is 0 Å². The van der Waals surface area contributed by atoms with Crippen LogP contribution in [0.25, 0.3) is 10.8 Å². The molecule has 6 nitrogen and oxygen atoms in total. The number of halogens is 4. The molecule has 0 aliphatic heterocycles. The molecule has 10 heteroatoms. The molecular weight excluding hydrogens is 435 g/mol. The summed E-state index contributed by atoms with van der Waals surface area (Å²) in [6.45, 7) is -0.233. The molecule has 0 fully saturated rings. The normalized spacial score (nSPS) is 12.5. The van der Waals surface area contributed by atoms with Gasteiger partial charge >= 0.3 is 6.18 Å². The van der Waals surface area contributed by atoms with Crippen molar-refractivity contribution in [3.8, 4) is 0 Å². The lowest BCUT2D eigenvalue weighted by atomic mass is 10.0. The Morgan fingerprint density at radius 1 is 1.19 bits per heavy atom. The lowest BCUT2D eigenvalue weighted by molar-refractivity contribution is -0.137. The maximum absolute atomic E-state index is 13.0. The van der Waals surface area contributed by atoms with E-state index in [0.717, 1.165) is 12.1 Å². The topological polar surface area (TPSA) is 94.2 Å². The zero-order valence-corrected chi connectivity index (χ0v) is 16.7. The van der Waals surface area contributed by atoms with E-state index in [2.05, 4.69) is 5.32 Å². The number of hydrogen-bond acceptors (Lipinski definition) is 4. The molecule has 2 aromatic carbocycles. The molecule has 0 bridgehead atoms. The molecule has 0 saturated heterocycles. The summed E-state index contributed by atoms with van der Waals surface area (Å²) in [7, 11) is 0. The number of carbonyl (C=O) groups is 2. The minimum atomic E-state index is -4.62. The number of hydrogen-bond donors (Lipinski definition) is 2. The zero-order valence-electron chi connectivity index (χ0n) is 15.9. The standard InChI is InChI=1S/C21H17ClF3N3O3/c22-18-5-4-12(8-17(18)21(23,24)25)10-27-19(30)15-2-1-3-16-14(15)6-7-28(20(16)31)13(9-26)11-29/h1-8,11,13H,9-10,26H2,(H,27,30). The fourth-order valence-electron chi connectivity index (χ4n) is 3.16. The van der Waals surface area contributed by atoms with Gasteiger partial charge in [0.15, 0.2) is 0 Å². The van der Waals surface area contributed by atoms with Crippen molar-refractivity contribution in [3.63, 3.8) is 0 Å². The number of pyridine rings is 1. The van der Waals surface area contributed by atoms with Crippen LogP contribution in [-0.4, -0.2) is 23.3 Å². The van der Waals surface area contributed by atoms with E-state index in [0.29, 0.717) is 11.7 Å². The zero-order chi connectivity index (χ0) is 22.8. The molecule has 3 rings (SSSR count). The maximum atomic E-state index is 13.0. The third kappa shape index (κ3) is 4.62. The maximum Gasteiger partial charge on any atom is 0.417 e. The number of aldehydes is 1. The first-order valence-electron chi connectivity index (χ1n) is 9.10. The number of nitrogens with two attached hydrogens (primary N) is 1. The largest absolute Gasteiger partial charge is 0.417 e. The lowest BCUT2D eigenvalue weighted by Gasteiger charge is -2.14. The lowest BCUT2D eigenvalue weighted by Crippen LogP contribution is -2.30. The highest BCUT2D eigenvalue weighted by molar-refractivity contribution is 6.31. The van der Waals surface area contributed by atoms with Gasteiger partial charge in [-0.3, -0.25) is 9.59 Å². The summed E-state index contributed by atoms with van der Waals surface area (Å²) < 4.78 is 40.2. The molecule has 0 aliphatic rings. The summed E-state index contributed by atoms with van der Waals surface area (Å²) in [6, 6.07) is 8.56. The molecule has 3 aromatic rings. The number of nitrogens with one attached hydrogen (secondary N) is 1. The van der Waals surface area contributed by atoms with Gasteiger partial charge in [-0.05, 0) is 35.9 Å². The van der Waals surface area contributed by atoms with Gasteiger partial charge < -0.3 is 20.4 Å². The number of nitrogens with zero attached hydrogens (tertiary/aromatic N) is 1. The van der Waals surface area contributed by atoms with E-state index in [1.54, 1.807) is 0 Å². The average Bonchev–Trinajstić information content (AvgIpc) is 2.74. The molecule has 3 N–H and O–H groups in total. The summed E-state index contributed by atoms with van der Waals surface area (Å²) >= 11 is 5.61. The third-order valence-electron chi connectivity index (χ3n) is 4.76. The molecule has 1 heterocycles. The van der Waals surface area contributed by atoms with E-state index in [1.165, 1.54) is 41.1 Å². The molecule has 1 amide bonds. The smallest absolute Gasteiger partial charge is 0.348 e. The Morgan fingerprint density at radius 3 is 2.58 bits per heavy atom. The SMILES string of the molecule is NCC(C=O)n1ccc2c(C(=O)NCc3ccc(Cl)c(C(F)(F)F)c3)cccc2c1=O. The van der Waals surface area contributed by atoms with E-state index < -0.39 is 34.3 Å². The molecular formula is C21H17ClF3N3O3. The third-order valence-corrected chi connectivity index (χ3v) is 5.09. The molecule has 1 unspecified atom stereocenters. The quantitative estimate of drug-likeness (QED) is 0.562. The van der Waals surface area contributed by atoms with Crippen LogP contribution in [0.3, 0.4) is 0 Å². The first kappa shape index (κ1) is 22.5. The van der Waals surface area contributed by atoms with Gasteiger partial charge in [0.2, 0.25) is 0 Å². The Morgan fingerprint density at radius 2 is 1.94 bits per heavy atom. The Kier molecular flexibility index (Phi) is 6.47. The van der Waals surface area contributed by atoms with Crippen LogP contribution in [0.5, 0.6) is 0 Å². The van der Waals surface area contributed by atoms with Gasteiger partial charge in [0.05, 0.1) is 10.6 Å². The predicted molar refractivity (Wildman–Crippen MR) is 110 cm³/mol. The van der Waals surface area contributed by atoms with Crippen LogP contribution < -0.4 is 16.6 Å². The highest BCUT2D eigenvalue weighted by atomic mass is 35.5. The second-order valence-electron chi connectivity index (χ2n) is 6.73. The van der Waals surface area contributed by atoms with Crippen LogP contribution in [-0.2, 0) is 17.5 Å². The van der Waals surface area contributed by atoms with Gasteiger partial charge in [0, 0.05) is 35.6 Å². The Balaban J connectivity index is 1.89. The first-order valence-corrected chi connectivity index (χ1v) is 9.48. The van der Waals surface area contributed by atoms with Gasteiger partial charge in [-0.2, -0.15) is 13.2 Å². The number of carbonyl (C=O) groups excluding carboxylic acids is 2. The van der Waals surface area contributed by atoms with Crippen molar-refractivity contribution < 1.29 is 22.8 Å². The molecule has 0 saturated carbocycles. The molecule has 1 atom stereocenters. The summed E-state index contributed by atoms with van der Waals surface area (Å²) in [5, 5.41) is 2.67. The average molecular weight is 452 g/mol. The molecule has 162 valence electrons. The van der Waals surface area contributed by atoms with Crippen LogP contribution >= 0.6 is 11.6 Å². The van der Waals surface area contributed by atoms with Crippen molar-refractivity contribution in [1.82, 2.24) is 9.88 Å². The molecule has 0 radical (unpaired) electrons. The minimum Gasteiger partial charge on any atom is -0.348 e. The van der Waals surface area contributed by atoms with Gasteiger partial charge in [0.25, 0.3) is 11.5 Å². The van der Waals surface area contributed by atoms with Gasteiger partial charge in [-0.1, -0.05) is 23.7 Å². The molecule has 31 heavy (non-hydrogen) atoms. The summed E-state index contributed by atoms with van der Waals surface area (Å²) in [5.41, 5.74) is 4.42. The number of alkyl halides is 3. The number of amides is 1. The van der Waals surface area contributed by atoms with Crippen molar-refractivity contribution in [2.75, 3.05) is 6.54 Å². The summed E-state index contributed by atoms with van der Waals surface area (Å²) in [4.78, 5) is 36.5. The van der Waals surface area contributed by atoms with E-state index in [-0.39, 0.29) is 29.6 Å². The minimum absolute atomic E-state index is 0.0594. The summed E-state index contributed by atoms with van der Waals surface area (Å²) in [6.07, 6.45) is -2.68. The highest BCUT2D eigenvalue weighted by Gasteiger charge is 2.33. The Labute approximate surface area is 179 Å². The second kappa shape index (κ2) is 8.91. The van der Waals surface area contributed by atoms with Crippen molar-refractivity contribution in [2.24, 2.45) is 5.73 Å². The highest BCUT2D eigenvalue weighted by Crippen LogP contribution is 2.35. The number of fused-ring (bicyclic) bond motifs is 1. The van der Waals surface area contributed by atoms with Crippen LogP contribution in [0.15, 0.2) is 53.5 Å². The molecule has 1 aromatic heterocycles. The number of aromatic nitrogens is 1. The fourth-order valence-corrected chi connectivity index (χ4v) is 3.39. The monoisotopic (exact) mass is 451 g/mol. The number of rotatable bonds is 6. The Hall–Kier alpha value is -3.17. The van der Waals surface area contributed by atoms with E-state index in [1.807, 2.05) is 0 Å². The number of benzene rings is 2. The van der Waals surface area contributed by atoms with E-state index in [4.69, 9.17) is 17.3 Å². The van der Waals surface area contributed by atoms with Crippen molar-refractivity contribution in [3.05, 3.63) is 80.7 Å². The van der Waals surface area contributed by atoms with Crippen molar-refractivity contribution in [1.29, 1.82) is 0 Å². The van der Waals surface area contributed by atoms with Crippen LogP contribution in [0.2, 0.25) is 5.02 Å². The van der Waals surface area contributed by atoms with Crippen molar-refractivity contribution >= 4 is 34.6 Å². The summed E-state index contributed by atoms with van der Waals surface area (Å²) in [5.74, 6) is -0.572. The fraction of sp³-hybridized carbons (Fsp3) is 0.190. The van der Waals surface area contributed by atoms with Gasteiger partial charge in [-0.15, -0.1) is 0 Å². The molecule has 0 aliphatic carbocycles. The Bertz CT molecular complexity index is 1210. The van der Waals surface area contributed by atoms with Crippen LogP contribution in [0, 0.1) is 0 Å². The van der Waals surface area contributed by atoms with E-state index in [9.17, 15) is 27.6 Å². The van der Waals surface area contributed by atoms with Crippen molar-refractivity contribution in [2.45, 2.75) is 18.8 Å². The van der Waals surface area contributed by atoms with Gasteiger partial charge in [0.1, 0.15) is 12.3 Å².